The van der Waals surface area contributed by atoms with Crippen molar-refractivity contribution in [2.45, 2.75) is 13.0 Å². The lowest BCUT2D eigenvalue weighted by Gasteiger charge is -2.16. The largest absolute Gasteiger partial charge is 0.377 e. The molecule has 4 heteroatoms. The zero-order valence-corrected chi connectivity index (χ0v) is 12.8. The molecule has 3 aromatic rings. The van der Waals surface area contributed by atoms with Crippen LogP contribution in [-0.4, -0.2) is 4.98 Å². The Morgan fingerprint density at radius 2 is 2.16 bits per heavy atom. The van der Waals surface area contributed by atoms with Gasteiger partial charge >= 0.3 is 0 Å². The molecular weight excluding hydrogens is 320 g/mol. The Bertz CT molecular complexity index is 703. The fourth-order valence-electron chi connectivity index (χ4n) is 2.16. The molecule has 2 nitrogen and oxygen atoms in total. The maximum atomic E-state index is 4.16. The van der Waals surface area contributed by atoms with Crippen molar-refractivity contribution in [3.8, 4) is 0 Å². The first kappa shape index (κ1) is 12.6. The number of halogens is 1. The number of fused-ring (bicyclic) bond motifs is 1. The molecule has 0 bridgehead atoms. The number of hydrogen-bond acceptors (Lipinski definition) is 3. The van der Waals surface area contributed by atoms with Crippen molar-refractivity contribution >= 4 is 43.7 Å². The molecule has 2 heterocycles. The van der Waals surface area contributed by atoms with Gasteiger partial charge in [-0.3, -0.25) is 4.98 Å². The fraction of sp³-hybridized carbons (Fsp3) is 0.133. The first-order valence-electron chi connectivity index (χ1n) is 6.08. The van der Waals surface area contributed by atoms with E-state index in [2.05, 4.69) is 62.8 Å². The van der Waals surface area contributed by atoms with E-state index < -0.39 is 0 Å². The van der Waals surface area contributed by atoms with E-state index in [1.165, 1.54) is 14.7 Å². The van der Waals surface area contributed by atoms with Gasteiger partial charge in [-0.1, -0.05) is 12.1 Å². The summed E-state index contributed by atoms with van der Waals surface area (Å²) in [5.41, 5.74) is 1.15. The third kappa shape index (κ3) is 2.51. The lowest BCUT2D eigenvalue weighted by Crippen LogP contribution is -2.05. The standard InChI is InChI=1S/C15H13BrN2S/c1-10(15-13(16)6-8-19-15)18-14-4-2-3-11-9-17-7-5-12(11)14/h2-10,18H,1H3. The van der Waals surface area contributed by atoms with Crippen LogP contribution in [0.25, 0.3) is 10.8 Å². The molecular formula is C15H13BrN2S. The minimum Gasteiger partial charge on any atom is -0.377 e. The normalized spacial score (nSPS) is 12.5. The van der Waals surface area contributed by atoms with Crippen LogP contribution in [0.1, 0.15) is 17.8 Å². The maximum Gasteiger partial charge on any atom is 0.0590 e. The average Bonchev–Trinajstić information content (AvgIpc) is 2.85. The van der Waals surface area contributed by atoms with Gasteiger partial charge in [-0.25, -0.2) is 0 Å². The zero-order valence-electron chi connectivity index (χ0n) is 10.4. The lowest BCUT2D eigenvalue weighted by molar-refractivity contribution is 0.905. The molecule has 1 atom stereocenters. The van der Waals surface area contributed by atoms with Gasteiger partial charge in [0.05, 0.1) is 6.04 Å². The summed E-state index contributed by atoms with van der Waals surface area (Å²) in [5.74, 6) is 0. The second-order valence-electron chi connectivity index (χ2n) is 4.40. The van der Waals surface area contributed by atoms with Crippen molar-refractivity contribution in [2.24, 2.45) is 0 Å². The van der Waals surface area contributed by atoms with Crippen molar-refractivity contribution in [3.63, 3.8) is 0 Å². The highest BCUT2D eigenvalue weighted by Gasteiger charge is 2.11. The predicted molar refractivity (Wildman–Crippen MR) is 85.8 cm³/mol. The number of benzene rings is 1. The Hall–Kier alpha value is -1.39. The van der Waals surface area contributed by atoms with Gasteiger partial charge in [0.2, 0.25) is 0 Å². The van der Waals surface area contributed by atoms with Crippen molar-refractivity contribution < 1.29 is 0 Å². The summed E-state index contributed by atoms with van der Waals surface area (Å²) in [4.78, 5) is 5.48. The van der Waals surface area contributed by atoms with Gasteiger partial charge in [0.15, 0.2) is 0 Å². The predicted octanol–water partition coefficient (Wildman–Crippen LogP) is 5.23. The number of aromatic nitrogens is 1. The SMILES string of the molecule is CC(Nc1cccc2cnccc12)c1sccc1Br. The van der Waals surface area contributed by atoms with Gasteiger partial charge in [-0.15, -0.1) is 11.3 Å². The van der Waals surface area contributed by atoms with Crippen LogP contribution >= 0.6 is 27.3 Å². The molecule has 0 saturated carbocycles. The van der Waals surface area contributed by atoms with E-state index >= 15 is 0 Å². The van der Waals surface area contributed by atoms with Crippen molar-refractivity contribution in [1.82, 2.24) is 4.98 Å². The number of pyridine rings is 1. The molecule has 1 aromatic carbocycles. The molecule has 0 aliphatic carbocycles. The minimum absolute atomic E-state index is 0.271. The van der Waals surface area contributed by atoms with E-state index in [9.17, 15) is 0 Å². The summed E-state index contributed by atoms with van der Waals surface area (Å²) in [6.07, 6.45) is 3.73. The first-order chi connectivity index (χ1) is 9.25. The van der Waals surface area contributed by atoms with Gasteiger partial charge in [0.25, 0.3) is 0 Å². The number of anilines is 1. The Morgan fingerprint density at radius 3 is 2.95 bits per heavy atom. The Kier molecular flexibility index (Phi) is 3.53. The highest BCUT2D eigenvalue weighted by molar-refractivity contribution is 9.10. The van der Waals surface area contributed by atoms with Crippen LogP contribution in [0.3, 0.4) is 0 Å². The summed E-state index contributed by atoms with van der Waals surface area (Å²) in [7, 11) is 0. The second-order valence-corrected chi connectivity index (χ2v) is 6.20. The molecule has 19 heavy (non-hydrogen) atoms. The van der Waals surface area contributed by atoms with E-state index in [4.69, 9.17) is 0 Å². The fourth-order valence-corrected chi connectivity index (χ4v) is 3.89. The van der Waals surface area contributed by atoms with E-state index in [1.54, 1.807) is 11.3 Å². The van der Waals surface area contributed by atoms with Crippen LogP contribution in [0.15, 0.2) is 52.6 Å². The van der Waals surface area contributed by atoms with Gasteiger partial charge in [0, 0.05) is 38.2 Å². The smallest absolute Gasteiger partial charge is 0.0590 e. The van der Waals surface area contributed by atoms with Crippen LogP contribution in [0.5, 0.6) is 0 Å². The Balaban J connectivity index is 1.96. The Labute approximate surface area is 124 Å². The maximum absolute atomic E-state index is 4.16. The van der Waals surface area contributed by atoms with Gasteiger partial charge < -0.3 is 5.32 Å². The number of thiophene rings is 1. The van der Waals surface area contributed by atoms with Crippen LogP contribution in [0.4, 0.5) is 5.69 Å². The molecule has 2 aromatic heterocycles. The molecule has 3 rings (SSSR count). The third-order valence-electron chi connectivity index (χ3n) is 3.09. The minimum atomic E-state index is 0.271. The van der Waals surface area contributed by atoms with E-state index in [0.29, 0.717) is 0 Å². The molecule has 1 unspecified atom stereocenters. The van der Waals surface area contributed by atoms with Gasteiger partial charge in [-0.05, 0) is 46.4 Å². The molecule has 0 fully saturated rings. The van der Waals surface area contributed by atoms with Gasteiger partial charge in [0.1, 0.15) is 0 Å². The van der Waals surface area contributed by atoms with Crippen molar-refractivity contribution in [2.75, 3.05) is 5.32 Å². The lowest BCUT2D eigenvalue weighted by atomic mass is 10.1. The molecule has 1 N–H and O–H groups in total. The molecule has 0 spiro atoms. The molecule has 0 aliphatic heterocycles. The number of nitrogens with one attached hydrogen (secondary N) is 1. The van der Waals surface area contributed by atoms with Gasteiger partial charge in [-0.2, -0.15) is 0 Å². The second kappa shape index (κ2) is 5.31. The topological polar surface area (TPSA) is 24.9 Å². The zero-order chi connectivity index (χ0) is 13.2. The number of rotatable bonds is 3. The number of hydrogen-bond donors (Lipinski definition) is 1. The number of nitrogens with zero attached hydrogens (tertiary/aromatic N) is 1. The van der Waals surface area contributed by atoms with Crippen LogP contribution in [-0.2, 0) is 0 Å². The van der Waals surface area contributed by atoms with Crippen molar-refractivity contribution in [1.29, 1.82) is 0 Å². The summed E-state index contributed by atoms with van der Waals surface area (Å²) in [6.45, 7) is 2.18. The summed E-state index contributed by atoms with van der Waals surface area (Å²) in [5, 5.41) is 8.05. The average molecular weight is 333 g/mol. The summed E-state index contributed by atoms with van der Waals surface area (Å²) >= 11 is 5.35. The van der Waals surface area contributed by atoms with Crippen LogP contribution in [0.2, 0.25) is 0 Å². The van der Waals surface area contributed by atoms with E-state index in [1.807, 2.05) is 18.5 Å². The van der Waals surface area contributed by atoms with Crippen molar-refractivity contribution in [3.05, 3.63) is 57.5 Å². The third-order valence-corrected chi connectivity index (χ3v) is 5.14. The monoisotopic (exact) mass is 332 g/mol. The highest BCUT2D eigenvalue weighted by Crippen LogP contribution is 2.32. The van der Waals surface area contributed by atoms with E-state index in [-0.39, 0.29) is 6.04 Å². The van der Waals surface area contributed by atoms with Crippen LogP contribution in [0, 0.1) is 0 Å². The molecule has 0 amide bonds. The molecule has 0 saturated heterocycles. The van der Waals surface area contributed by atoms with Crippen LogP contribution < -0.4 is 5.32 Å². The van der Waals surface area contributed by atoms with E-state index in [0.717, 1.165) is 11.1 Å². The quantitative estimate of drug-likeness (QED) is 0.710. The molecule has 0 radical (unpaired) electrons. The highest BCUT2D eigenvalue weighted by atomic mass is 79.9. The summed E-state index contributed by atoms with van der Waals surface area (Å²) in [6, 6.07) is 10.7. The first-order valence-corrected chi connectivity index (χ1v) is 7.75. The Morgan fingerprint density at radius 1 is 1.26 bits per heavy atom. The summed E-state index contributed by atoms with van der Waals surface area (Å²) < 4.78 is 1.17. The molecule has 0 aliphatic rings. The molecule has 96 valence electrons.